The van der Waals surface area contributed by atoms with Gasteiger partial charge >= 0.3 is 0 Å². The Balaban J connectivity index is 1.54. The van der Waals surface area contributed by atoms with Crippen LogP contribution < -0.4 is 4.74 Å². The van der Waals surface area contributed by atoms with E-state index >= 15 is 0 Å². The summed E-state index contributed by atoms with van der Waals surface area (Å²) < 4.78 is 5.18. The van der Waals surface area contributed by atoms with E-state index in [2.05, 4.69) is 10.1 Å². The molecule has 0 spiro atoms. The molecular formula is C21H16Cl2N4O2S. The third kappa shape index (κ3) is 4.05. The lowest BCUT2D eigenvalue weighted by Crippen LogP contribution is -2.20. The molecule has 1 aliphatic rings. The Bertz CT molecular complexity index is 1170. The second-order valence-electron chi connectivity index (χ2n) is 6.40. The van der Waals surface area contributed by atoms with Crippen LogP contribution in [-0.2, 0) is 0 Å². The van der Waals surface area contributed by atoms with Crippen LogP contribution in [0.3, 0.4) is 0 Å². The number of benzene rings is 2. The standard InChI is InChI=1S/C21H16Cl2N4O2S/c1-29-15-6-3-12(4-7-15)17-11-30-21(26-17)19-18(28)10-27(20(19)24)25-9-13-2-5-14(22)8-16(13)23/h2-9,11,24,28H,10H2,1H3/b24-20?,25-9+. The van der Waals surface area contributed by atoms with E-state index in [1.54, 1.807) is 25.3 Å². The summed E-state index contributed by atoms with van der Waals surface area (Å²) in [5.74, 6) is 0.890. The zero-order chi connectivity index (χ0) is 21.3. The molecule has 0 amide bonds. The van der Waals surface area contributed by atoms with E-state index in [0.29, 0.717) is 26.2 Å². The second kappa shape index (κ2) is 8.47. The predicted octanol–water partition coefficient (Wildman–Crippen LogP) is 5.72. The zero-order valence-corrected chi connectivity index (χ0v) is 18.1. The first-order chi connectivity index (χ1) is 14.5. The lowest BCUT2D eigenvalue weighted by Gasteiger charge is -2.11. The lowest BCUT2D eigenvalue weighted by atomic mass is 10.1. The number of thiazole rings is 1. The van der Waals surface area contributed by atoms with Gasteiger partial charge in [0.1, 0.15) is 23.1 Å². The number of hydrazone groups is 1. The summed E-state index contributed by atoms with van der Waals surface area (Å²) in [5.41, 5.74) is 2.73. The quantitative estimate of drug-likeness (QED) is 0.478. The van der Waals surface area contributed by atoms with Crippen LogP contribution in [0.2, 0.25) is 10.0 Å². The highest BCUT2D eigenvalue weighted by Gasteiger charge is 2.30. The summed E-state index contributed by atoms with van der Waals surface area (Å²) in [6.45, 7) is 0.0906. The van der Waals surface area contributed by atoms with Crippen molar-refractivity contribution in [3.8, 4) is 17.0 Å². The third-order valence-corrected chi connectivity index (χ3v) is 5.91. The van der Waals surface area contributed by atoms with Crippen LogP contribution in [-0.4, -0.2) is 40.8 Å². The number of methoxy groups -OCH3 is 1. The van der Waals surface area contributed by atoms with Gasteiger partial charge < -0.3 is 9.84 Å². The van der Waals surface area contributed by atoms with Crippen LogP contribution in [0.15, 0.2) is 58.7 Å². The Morgan fingerprint density at radius 1 is 1.23 bits per heavy atom. The van der Waals surface area contributed by atoms with Gasteiger partial charge in [-0.05, 0) is 36.4 Å². The molecule has 30 heavy (non-hydrogen) atoms. The Morgan fingerprint density at radius 3 is 2.70 bits per heavy atom. The van der Waals surface area contributed by atoms with Crippen LogP contribution >= 0.6 is 34.5 Å². The molecule has 2 N–H and O–H groups in total. The topological polar surface area (TPSA) is 81.8 Å². The molecule has 0 fully saturated rings. The number of aliphatic hydroxyl groups excluding tert-OH is 1. The number of hydrogen-bond donors (Lipinski definition) is 2. The first-order valence-corrected chi connectivity index (χ1v) is 10.5. The Labute approximate surface area is 187 Å². The summed E-state index contributed by atoms with van der Waals surface area (Å²) in [4.78, 5) is 4.60. The van der Waals surface area contributed by atoms with Crippen molar-refractivity contribution in [2.75, 3.05) is 13.7 Å². The number of nitrogens with zero attached hydrogens (tertiary/aromatic N) is 3. The fraction of sp³-hybridized carbons (Fsp3) is 0.0952. The van der Waals surface area contributed by atoms with Crippen molar-refractivity contribution in [2.45, 2.75) is 0 Å². The average molecular weight is 459 g/mol. The minimum absolute atomic E-state index is 0.0509. The lowest BCUT2D eigenvalue weighted by molar-refractivity contribution is 0.358. The van der Waals surface area contributed by atoms with E-state index in [0.717, 1.165) is 17.0 Å². The van der Waals surface area contributed by atoms with Crippen molar-refractivity contribution in [2.24, 2.45) is 5.10 Å². The van der Waals surface area contributed by atoms with Gasteiger partial charge in [-0.15, -0.1) is 11.3 Å². The van der Waals surface area contributed by atoms with Gasteiger partial charge in [-0.2, -0.15) is 5.10 Å². The summed E-state index contributed by atoms with van der Waals surface area (Å²) in [7, 11) is 1.62. The number of ether oxygens (including phenoxy) is 1. The smallest absolute Gasteiger partial charge is 0.155 e. The highest BCUT2D eigenvalue weighted by Crippen LogP contribution is 2.33. The SMILES string of the molecule is COc1ccc(-c2csc(C3=C(O)CN(/N=C/c4ccc(Cl)cc4Cl)C3=N)n2)cc1. The molecule has 0 saturated carbocycles. The van der Waals surface area contributed by atoms with E-state index in [9.17, 15) is 5.11 Å². The number of halogens is 2. The van der Waals surface area contributed by atoms with Gasteiger partial charge in [0.05, 0.1) is 29.6 Å². The van der Waals surface area contributed by atoms with E-state index < -0.39 is 0 Å². The molecular weight excluding hydrogens is 443 g/mol. The van der Waals surface area contributed by atoms with Crippen molar-refractivity contribution in [3.05, 3.63) is 74.2 Å². The molecule has 0 atom stereocenters. The molecule has 2 heterocycles. The first-order valence-electron chi connectivity index (χ1n) is 8.84. The van der Waals surface area contributed by atoms with E-state index in [4.69, 9.17) is 33.3 Å². The number of amidine groups is 1. The van der Waals surface area contributed by atoms with E-state index in [1.807, 2.05) is 29.6 Å². The minimum atomic E-state index is 0.0509. The minimum Gasteiger partial charge on any atom is -0.509 e. The molecule has 9 heteroatoms. The number of nitrogens with one attached hydrogen (secondary N) is 1. The van der Waals surface area contributed by atoms with Crippen LogP contribution in [0.5, 0.6) is 5.75 Å². The number of rotatable bonds is 5. The van der Waals surface area contributed by atoms with Gasteiger partial charge in [0.2, 0.25) is 0 Å². The summed E-state index contributed by atoms with van der Waals surface area (Å²) in [5, 5.41) is 28.0. The maximum atomic E-state index is 10.4. The molecule has 1 aromatic heterocycles. The molecule has 0 radical (unpaired) electrons. The maximum absolute atomic E-state index is 10.4. The van der Waals surface area contributed by atoms with Crippen molar-refractivity contribution in [3.63, 3.8) is 0 Å². The van der Waals surface area contributed by atoms with Gasteiger partial charge in [-0.3, -0.25) is 5.41 Å². The van der Waals surface area contributed by atoms with Crippen LogP contribution in [0.25, 0.3) is 16.8 Å². The van der Waals surface area contributed by atoms with Crippen LogP contribution in [0.4, 0.5) is 0 Å². The predicted molar refractivity (Wildman–Crippen MR) is 122 cm³/mol. The van der Waals surface area contributed by atoms with Crippen molar-refractivity contribution < 1.29 is 9.84 Å². The summed E-state index contributed by atoms with van der Waals surface area (Å²) >= 11 is 13.4. The number of aromatic nitrogens is 1. The normalized spacial score (nSPS) is 14.2. The maximum Gasteiger partial charge on any atom is 0.155 e. The van der Waals surface area contributed by atoms with Gasteiger partial charge in [-0.1, -0.05) is 29.3 Å². The van der Waals surface area contributed by atoms with E-state index in [-0.39, 0.29) is 18.1 Å². The number of hydrogen-bond acceptors (Lipinski definition) is 6. The van der Waals surface area contributed by atoms with Gasteiger partial charge in [0.15, 0.2) is 5.84 Å². The zero-order valence-electron chi connectivity index (χ0n) is 15.8. The van der Waals surface area contributed by atoms with Crippen molar-refractivity contribution >= 4 is 52.2 Å². The molecule has 0 aliphatic carbocycles. The largest absolute Gasteiger partial charge is 0.509 e. The van der Waals surface area contributed by atoms with Crippen LogP contribution in [0, 0.1) is 5.41 Å². The molecule has 152 valence electrons. The summed E-state index contributed by atoms with van der Waals surface area (Å²) in [6.07, 6.45) is 1.54. The van der Waals surface area contributed by atoms with Gasteiger partial charge in [0, 0.05) is 21.5 Å². The molecule has 3 aromatic rings. The Morgan fingerprint density at radius 2 is 2.00 bits per heavy atom. The van der Waals surface area contributed by atoms with Gasteiger partial charge in [0.25, 0.3) is 0 Å². The molecule has 6 nitrogen and oxygen atoms in total. The fourth-order valence-corrected chi connectivity index (χ4v) is 4.26. The molecule has 2 aromatic carbocycles. The average Bonchev–Trinajstić information content (AvgIpc) is 3.32. The molecule has 0 unspecified atom stereocenters. The molecule has 0 saturated heterocycles. The second-order valence-corrected chi connectivity index (χ2v) is 8.11. The number of aliphatic hydroxyl groups is 1. The highest BCUT2D eigenvalue weighted by molar-refractivity contribution is 7.11. The van der Waals surface area contributed by atoms with Gasteiger partial charge in [-0.25, -0.2) is 9.99 Å². The van der Waals surface area contributed by atoms with Crippen LogP contribution in [0.1, 0.15) is 10.6 Å². The Hall–Kier alpha value is -2.87. The molecule has 4 rings (SSSR count). The highest BCUT2D eigenvalue weighted by atomic mass is 35.5. The first kappa shape index (κ1) is 20.4. The summed E-state index contributed by atoms with van der Waals surface area (Å²) in [6, 6.07) is 12.6. The monoisotopic (exact) mass is 458 g/mol. The van der Waals surface area contributed by atoms with E-state index in [1.165, 1.54) is 22.6 Å². The Kier molecular flexibility index (Phi) is 5.76. The van der Waals surface area contributed by atoms with Crippen molar-refractivity contribution in [1.29, 1.82) is 5.41 Å². The molecule has 0 bridgehead atoms. The van der Waals surface area contributed by atoms with Crippen molar-refractivity contribution in [1.82, 2.24) is 9.99 Å². The fourth-order valence-electron chi connectivity index (χ4n) is 2.91. The third-order valence-electron chi connectivity index (χ3n) is 4.49. The molecule has 1 aliphatic heterocycles.